The Morgan fingerprint density at radius 2 is 1.76 bits per heavy atom. The largest absolute Gasteiger partial charge is 0.344 e. The van der Waals surface area contributed by atoms with Crippen LogP contribution in [0.1, 0.15) is 25.1 Å². The summed E-state index contributed by atoms with van der Waals surface area (Å²) in [5, 5.41) is 4.17. The molecule has 0 bridgehead atoms. The van der Waals surface area contributed by atoms with E-state index in [9.17, 15) is 14.4 Å². The van der Waals surface area contributed by atoms with Gasteiger partial charge in [-0.2, -0.15) is 5.01 Å². The third-order valence-electron chi connectivity index (χ3n) is 6.21. The lowest BCUT2D eigenvalue weighted by atomic mass is 10.00. The van der Waals surface area contributed by atoms with Gasteiger partial charge < -0.3 is 5.32 Å². The number of amides is 4. The Hall–Kier alpha value is -2.46. The van der Waals surface area contributed by atoms with Crippen molar-refractivity contribution in [2.45, 2.75) is 32.4 Å². The number of piperazine rings is 1. The van der Waals surface area contributed by atoms with Crippen molar-refractivity contribution < 1.29 is 14.4 Å². The van der Waals surface area contributed by atoms with Gasteiger partial charge in [0, 0.05) is 47.5 Å². The molecule has 3 heterocycles. The number of hydrogen-bond donors (Lipinski definition) is 2. The summed E-state index contributed by atoms with van der Waals surface area (Å²) in [5.41, 5.74) is 2.65. The lowest BCUT2D eigenvalue weighted by molar-refractivity contribution is -0.139. The molecule has 2 aliphatic rings. The molecule has 33 heavy (non-hydrogen) atoms. The molecule has 1 atom stereocenters. The molecule has 1 aromatic heterocycles. The van der Waals surface area contributed by atoms with Crippen LogP contribution in [0.15, 0.2) is 36.4 Å². The van der Waals surface area contributed by atoms with Gasteiger partial charge >= 0.3 is 6.03 Å². The average Bonchev–Trinajstić information content (AvgIpc) is 3.34. The number of nitrogens with one attached hydrogen (secondary N) is 2. The number of hydrogen-bond acceptors (Lipinski definition) is 6. The summed E-state index contributed by atoms with van der Waals surface area (Å²) in [7, 11) is 0. The first-order valence-corrected chi connectivity index (χ1v) is 12.2. The number of rotatable bonds is 7. The van der Waals surface area contributed by atoms with Crippen LogP contribution in [-0.4, -0.2) is 70.9 Å². The van der Waals surface area contributed by atoms with Crippen LogP contribution in [0.2, 0.25) is 5.02 Å². The standard InChI is InChI=1S/C23H28ClN5O3S/c1-3-23(2)21(31)29(22(32)25-23)26-20(30)15-28-12-10-27(11-13-28)14-18-8-9-19(33-18)16-4-6-17(24)7-5-16/h4-9H,3,10-15H2,1-2H3,(H,25,32)(H,26,30)/t23-/m0/s1. The van der Waals surface area contributed by atoms with Crippen molar-refractivity contribution in [3.8, 4) is 10.4 Å². The highest BCUT2D eigenvalue weighted by Gasteiger charge is 2.47. The molecular formula is C23H28ClN5O3S. The second kappa shape index (κ2) is 9.80. The van der Waals surface area contributed by atoms with E-state index >= 15 is 0 Å². The molecule has 0 spiro atoms. The van der Waals surface area contributed by atoms with Crippen LogP contribution in [0.4, 0.5) is 4.79 Å². The smallest absolute Gasteiger partial charge is 0.322 e. The Morgan fingerprint density at radius 1 is 1.09 bits per heavy atom. The van der Waals surface area contributed by atoms with Crippen molar-refractivity contribution >= 4 is 40.8 Å². The van der Waals surface area contributed by atoms with E-state index in [0.717, 1.165) is 48.3 Å². The second-order valence-electron chi connectivity index (χ2n) is 8.62. The first-order chi connectivity index (χ1) is 15.8. The first kappa shape index (κ1) is 23.7. The highest BCUT2D eigenvalue weighted by atomic mass is 35.5. The zero-order valence-electron chi connectivity index (χ0n) is 18.8. The van der Waals surface area contributed by atoms with Crippen molar-refractivity contribution in [2.75, 3.05) is 32.7 Å². The van der Waals surface area contributed by atoms with Gasteiger partial charge in [0.25, 0.3) is 11.8 Å². The van der Waals surface area contributed by atoms with Crippen LogP contribution in [0.25, 0.3) is 10.4 Å². The van der Waals surface area contributed by atoms with Crippen molar-refractivity contribution in [3.05, 3.63) is 46.3 Å². The summed E-state index contributed by atoms with van der Waals surface area (Å²) in [6, 6.07) is 11.6. The summed E-state index contributed by atoms with van der Waals surface area (Å²) in [6.45, 7) is 7.67. The number of carbonyl (C=O) groups excluding carboxylic acids is 3. The van der Waals surface area contributed by atoms with E-state index in [2.05, 4.69) is 27.8 Å². The van der Waals surface area contributed by atoms with Gasteiger partial charge in [-0.1, -0.05) is 30.7 Å². The van der Waals surface area contributed by atoms with Crippen molar-refractivity contribution in [2.24, 2.45) is 0 Å². The molecule has 176 valence electrons. The first-order valence-electron chi connectivity index (χ1n) is 11.0. The number of urea groups is 1. The summed E-state index contributed by atoms with van der Waals surface area (Å²) >= 11 is 7.76. The highest BCUT2D eigenvalue weighted by Crippen LogP contribution is 2.30. The zero-order chi connectivity index (χ0) is 23.6. The van der Waals surface area contributed by atoms with Crippen LogP contribution in [-0.2, 0) is 16.1 Å². The lowest BCUT2D eigenvalue weighted by Gasteiger charge is -2.34. The summed E-state index contributed by atoms with van der Waals surface area (Å²) < 4.78 is 0. The molecule has 0 unspecified atom stereocenters. The van der Waals surface area contributed by atoms with E-state index in [1.807, 2.05) is 36.1 Å². The van der Waals surface area contributed by atoms with Crippen molar-refractivity contribution in [1.29, 1.82) is 0 Å². The van der Waals surface area contributed by atoms with Crippen LogP contribution >= 0.6 is 22.9 Å². The average molecular weight is 490 g/mol. The third kappa shape index (κ3) is 5.38. The predicted octanol–water partition coefficient (Wildman–Crippen LogP) is 2.94. The molecule has 2 fully saturated rings. The van der Waals surface area contributed by atoms with E-state index in [1.54, 1.807) is 18.3 Å². The van der Waals surface area contributed by atoms with E-state index in [-0.39, 0.29) is 12.5 Å². The number of hydrazine groups is 1. The lowest BCUT2D eigenvalue weighted by Crippen LogP contribution is -2.53. The fourth-order valence-electron chi connectivity index (χ4n) is 3.95. The number of halogens is 1. The Labute approximate surface area is 202 Å². The van der Waals surface area contributed by atoms with Gasteiger partial charge in [-0.15, -0.1) is 11.3 Å². The van der Waals surface area contributed by atoms with Gasteiger partial charge in [-0.3, -0.25) is 24.8 Å². The summed E-state index contributed by atoms with van der Waals surface area (Å²) in [6.07, 6.45) is 0.456. The summed E-state index contributed by atoms with van der Waals surface area (Å²) in [5.74, 6) is -0.791. The van der Waals surface area contributed by atoms with E-state index in [1.165, 1.54) is 9.75 Å². The second-order valence-corrected chi connectivity index (χ2v) is 10.2. The Bertz CT molecular complexity index is 1030. The fraction of sp³-hybridized carbons (Fsp3) is 0.435. The molecule has 1 aromatic carbocycles. The number of imide groups is 1. The van der Waals surface area contributed by atoms with Gasteiger partial charge in [0.05, 0.1) is 6.54 Å². The molecule has 8 nitrogen and oxygen atoms in total. The Morgan fingerprint density at radius 3 is 2.39 bits per heavy atom. The molecule has 2 N–H and O–H groups in total. The predicted molar refractivity (Wildman–Crippen MR) is 129 cm³/mol. The molecule has 0 radical (unpaired) electrons. The SMILES string of the molecule is CC[C@]1(C)NC(=O)N(NC(=O)CN2CCN(Cc3ccc(-c4ccc(Cl)cc4)s3)CC2)C1=O. The normalized spacial score (nSPS) is 22.0. The van der Waals surface area contributed by atoms with Gasteiger partial charge in [-0.25, -0.2) is 4.79 Å². The maximum Gasteiger partial charge on any atom is 0.344 e. The molecule has 2 aromatic rings. The minimum Gasteiger partial charge on any atom is -0.322 e. The van der Waals surface area contributed by atoms with Crippen molar-refractivity contribution in [3.63, 3.8) is 0 Å². The monoisotopic (exact) mass is 489 g/mol. The molecule has 2 saturated heterocycles. The topological polar surface area (TPSA) is 85.0 Å². The molecule has 2 aliphatic heterocycles. The van der Waals surface area contributed by atoms with Crippen LogP contribution in [0.5, 0.6) is 0 Å². The Kier molecular flexibility index (Phi) is 7.04. The minimum atomic E-state index is -0.967. The Balaban J connectivity index is 1.23. The van der Waals surface area contributed by atoms with E-state index in [4.69, 9.17) is 11.6 Å². The third-order valence-corrected chi connectivity index (χ3v) is 7.58. The summed E-state index contributed by atoms with van der Waals surface area (Å²) in [4.78, 5) is 43.9. The zero-order valence-corrected chi connectivity index (χ0v) is 20.3. The maximum atomic E-state index is 12.4. The van der Waals surface area contributed by atoms with Crippen LogP contribution in [0.3, 0.4) is 0 Å². The van der Waals surface area contributed by atoms with Gasteiger partial charge in [0.1, 0.15) is 5.54 Å². The molecular weight excluding hydrogens is 462 g/mol. The molecule has 0 saturated carbocycles. The number of nitrogens with zero attached hydrogens (tertiary/aromatic N) is 3. The van der Waals surface area contributed by atoms with E-state index in [0.29, 0.717) is 6.42 Å². The molecule has 4 amide bonds. The highest BCUT2D eigenvalue weighted by molar-refractivity contribution is 7.15. The number of benzene rings is 1. The molecule has 10 heteroatoms. The number of carbonyl (C=O) groups is 3. The molecule has 0 aliphatic carbocycles. The maximum absolute atomic E-state index is 12.4. The van der Waals surface area contributed by atoms with Crippen LogP contribution in [0, 0.1) is 0 Å². The van der Waals surface area contributed by atoms with Crippen LogP contribution < -0.4 is 10.7 Å². The van der Waals surface area contributed by atoms with E-state index < -0.39 is 17.5 Å². The molecule has 4 rings (SSSR count). The quantitative estimate of drug-likeness (QED) is 0.584. The fourth-order valence-corrected chi connectivity index (χ4v) is 5.13. The van der Waals surface area contributed by atoms with Gasteiger partial charge in [-0.05, 0) is 43.2 Å². The van der Waals surface area contributed by atoms with Gasteiger partial charge in [0.15, 0.2) is 0 Å². The van der Waals surface area contributed by atoms with Crippen molar-refractivity contribution in [1.82, 2.24) is 25.6 Å². The minimum absolute atomic E-state index is 0.146. The number of thiophene rings is 1. The van der Waals surface area contributed by atoms with Gasteiger partial charge in [0.2, 0.25) is 0 Å².